The van der Waals surface area contributed by atoms with Crippen LogP contribution in [0.1, 0.15) is 51.9 Å². The predicted molar refractivity (Wildman–Crippen MR) is 64.9 cm³/mol. The highest BCUT2D eigenvalue weighted by atomic mass is 16.5. The number of methoxy groups -OCH3 is 1. The Bertz CT molecular complexity index is 258. The number of ketones is 3. The van der Waals surface area contributed by atoms with Crippen LogP contribution in [0.15, 0.2) is 0 Å². The van der Waals surface area contributed by atoms with Crippen LogP contribution in [0.2, 0.25) is 0 Å². The molecule has 4 nitrogen and oxygen atoms in total. The van der Waals surface area contributed by atoms with Crippen molar-refractivity contribution >= 4 is 17.3 Å². The Kier molecular flexibility index (Phi) is 9.53. The molecule has 0 spiro atoms. The Hall–Kier alpha value is -1.03. The summed E-state index contributed by atoms with van der Waals surface area (Å²) in [6.07, 6.45) is 2.84. The van der Waals surface area contributed by atoms with Crippen LogP contribution < -0.4 is 0 Å². The van der Waals surface area contributed by atoms with Crippen molar-refractivity contribution in [1.82, 2.24) is 0 Å². The van der Waals surface area contributed by atoms with Gasteiger partial charge in [0, 0.05) is 45.6 Å². The van der Waals surface area contributed by atoms with Crippen LogP contribution >= 0.6 is 0 Å². The zero-order valence-corrected chi connectivity index (χ0v) is 10.8. The first-order valence-electron chi connectivity index (χ1n) is 6.14. The van der Waals surface area contributed by atoms with Gasteiger partial charge < -0.3 is 4.74 Å². The van der Waals surface area contributed by atoms with Crippen molar-refractivity contribution in [2.45, 2.75) is 51.9 Å². The molecule has 0 unspecified atom stereocenters. The fraction of sp³-hybridized carbons (Fsp3) is 0.769. The molecule has 0 aliphatic carbocycles. The predicted octanol–water partition coefficient (Wildman–Crippen LogP) is 2.09. The molecule has 17 heavy (non-hydrogen) atoms. The molecule has 0 N–H and O–H groups in total. The van der Waals surface area contributed by atoms with Gasteiger partial charge in [0.05, 0.1) is 6.61 Å². The minimum atomic E-state index is 0.000204. The van der Waals surface area contributed by atoms with Crippen LogP contribution in [0.3, 0.4) is 0 Å². The summed E-state index contributed by atoms with van der Waals surface area (Å²) in [5, 5.41) is 0. The van der Waals surface area contributed by atoms with E-state index in [-0.39, 0.29) is 36.6 Å². The molecule has 0 aliphatic rings. The summed E-state index contributed by atoms with van der Waals surface area (Å²) >= 11 is 0. The van der Waals surface area contributed by atoms with Gasteiger partial charge in [0.25, 0.3) is 0 Å². The van der Waals surface area contributed by atoms with Crippen molar-refractivity contribution in [3.05, 3.63) is 0 Å². The molecule has 98 valence electrons. The Morgan fingerprint density at radius 2 is 1.18 bits per heavy atom. The van der Waals surface area contributed by atoms with Gasteiger partial charge in [0.1, 0.15) is 17.3 Å². The molecule has 0 aromatic heterocycles. The van der Waals surface area contributed by atoms with Crippen LogP contribution in [0.4, 0.5) is 0 Å². The van der Waals surface area contributed by atoms with Gasteiger partial charge in [0.15, 0.2) is 0 Å². The Labute approximate surface area is 103 Å². The van der Waals surface area contributed by atoms with E-state index in [0.717, 1.165) is 6.42 Å². The first-order valence-corrected chi connectivity index (χ1v) is 6.14. The maximum atomic E-state index is 11.4. The summed E-state index contributed by atoms with van der Waals surface area (Å²) in [4.78, 5) is 33.8. The summed E-state index contributed by atoms with van der Waals surface area (Å²) in [7, 11) is 1.54. The lowest BCUT2D eigenvalue weighted by Crippen LogP contribution is -2.08. The third kappa shape index (κ3) is 9.87. The van der Waals surface area contributed by atoms with Crippen LogP contribution in [0.25, 0.3) is 0 Å². The van der Waals surface area contributed by atoms with Crippen molar-refractivity contribution in [1.29, 1.82) is 0 Å². The summed E-state index contributed by atoms with van der Waals surface area (Å²) in [5.74, 6) is 0.173. The standard InChI is InChI=1S/C13H22O4/c1-3-4-11(14)5-6-12(15)7-8-13(16)9-10-17-2/h3-10H2,1-2H3. The number of ether oxygens (including phenoxy) is 1. The molecule has 0 amide bonds. The number of carbonyl (C=O) groups is 3. The molecule has 0 saturated carbocycles. The average molecular weight is 242 g/mol. The van der Waals surface area contributed by atoms with Gasteiger partial charge in [-0.1, -0.05) is 6.92 Å². The Morgan fingerprint density at radius 1 is 0.765 bits per heavy atom. The van der Waals surface area contributed by atoms with Crippen LogP contribution in [0, 0.1) is 0 Å². The minimum absolute atomic E-state index is 0.000204. The fourth-order valence-electron chi connectivity index (χ4n) is 1.43. The van der Waals surface area contributed by atoms with E-state index in [1.807, 2.05) is 6.92 Å². The molecule has 0 aliphatic heterocycles. The third-order valence-electron chi connectivity index (χ3n) is 2.48. The van der Waals surface area contributed by atoms with E-state index < -0.39 is 0 Å². The van der Waals surface area contributed by atoms with Gasteiger partial charge in [-0.05, 0) is 6.42 Å². The summed E-state index contributed by atoms with van der Waals surface area (Å²) in [6.45, 7) is 2.34. The second-order valence-electron chi connectivity index (χ2n) is 4.11. The molecule has 0 rings (SSSR count). The van der Waals surface area contributed by atoms with E-state index in [9.17, 15) is 14.4 Å². The minimum Gasteiger partial charge on any atom is -0.384 e. The van der Waals surface area contributed by atoms with Crippen molar-refractivity contribution in [2.75, 3.05) is 13.7 Å². The summed E-state index contributed by atoms with van der Waals surface area (Å²) < 4.78 is 4.77. The third-order valence-corrected chi connectivity index (χ3v) is 2.48. The molecule has 4 heteroatoms. The molecule has 0 aromatic carbocycles. The average Bonchev–Trinajstić information content (AvgIpc) is 2.31. The number of hydrogen-bond donors (Lipinski definition) is 0. The highest BCUT2D eigenvalue weighted by molar-refractivity contribution is 5.89. The highest BCUT2D eigenvalue weighted by Crippen LogP contribution is 2.04. The van der Waals surface area contributed by atoms with Gasteiger partial charge in [-0.2, -0.15) is 0 Å². The summed E-state index contributed by atoms with van der Waals surface area (Å²) in [6, 6.07) is 0. The number of carbonyl (C=O) groups excluding carboxylic acids is 3. The van der Waals surface area contributed by atoms with Crippen molar-refractivity contribution in [3.8, 4) is 0 Å². The van der Waals surface area contributed by atoms with Crippen LogP contribution in [0.5, 0.6) is 0 Å². The second-order valence-corrected chi connectivity index (χ2v) is 4.11. The maximum absolute atomic E-state index is 11.4. The molecule has 0 heterocycles. The van der Waals surface area contributed by atoms with E-state index in [0.29, 0.717) is 25.9 Å². The topological polar surface area (TPSA) is 60.4 Å². The fourth-order valence-corrected chi connectivity index (χ4v) is 1.43. The largest absolute Gasteiger partial charge is 0.384 e. The van der Waals surface area contributed by atoms with E-state index in [1.54, 1.807) is 0 Å². The van der Waals surface area contributed by atoms with E-state index >= 15 is 0 Å². The quantitative estimate of drug-likeness (QED) is 0.556. The van der Waals surface area contributed by atoms with Crippen molar-refractivity contribution in [3.63, 3.8) is 0 Å². The first kappa shape index (κ1) is 16.0. The van der Waals surface area contributed by atoms with Crippen molar-refractivity contribution < 1.29 is 19.1 Å². The zero-order chi connectivity index (χ0) is 13.1. The van der Waals surface area contributed by atoms with E-state index in [1.165, 1.54) is 7.11 Å². The lowest BCUT2D eigenvalue weighted by molar-refractivity contribution is -0.126. The van der Waals surface area contributed by atoms with Gasteiger partial charge >= 0.3 is 0 Å². The van der Waals surface area contributed by atoms with Gasteiger partial charge in [-0.3, -0.25) is 14.4 Å². The van der Waals surface area contributed by atoms with Crippen LogP contribution in [-0.4, -0.2) is 31.1 Å². The van der Waals surface area contributed by atoms with E-state index in [4.69, 9.17) is 4.74 Å². The molecule has 0 atom stereocenters. The Morgan fingerprint density at radius 3 is 1.59 bits per heavy atom. The molecule has 0 saturated heterocycles. The number of Topliss-reactive ketones (excluding diaryl/α,β-unsaturated/α-hetero) is 3. The lowest BCUT2D eigenvalue weighted by atomic mass is 10.0. The number of rotatable bonds is 11. The molecule has 0 aromatic rings. The highest BCUT2D eigenvalue weighted by Gasteiger charge is 2.09. The molecule has 0 radical (unpaired) electrons. The number of hydrogen-bond acceptors (Lipinski definition) is 4. The zero-order valence-electron chi connectivity index (χ0n) is 10.8. The first-order chi connectivity index (χ1) is 8.10. The SMILES string of the molecule is CCCC(=O)CCC(=O)CCC(=O)CCOC. The molecule has 0 bridgehead atoms. The monoisotopic (exact) mass is 242 g/mol. The molecular formula is C13H22O4. The van der Waals surface area contributed by atoms with Crippen molar-refractivity contribution in [2.24, 2.45) is 0 Å². The van der Waals surface area contributed by atoms with Gasteiger partial charge in [-0.25, -0.2) is 0 Å². The Balaban J connectivity index is 3.59. The second kappa shape index (κ2) is 10.1. The smallest absolute Gasteiger partial charge is 0.135 e. The van der Waals surface area contributed by atoms with E-state index in [2.05, 4.69) is 0 Å². The summed E-state index contributed by atoms with van der Waals surface area (Å²) in [5.41, 5.74) is 0. The molecule has 0 fully saturated rings. The normalized spacial score (nSPS) is 10.2. The van der Waals surface area contributed by atoms with Gasteiger partial charge in [-0.15, -0.1) is 0 Å². The lowest BCUT2D eigenvalue weighted by Gasteiger charge is -2.01. The maximum Gasteiger partial charge on any atom is 0.135 e. The molecular weight excluding hydrogens is 220 g/mol. The van der Waals surface area contributed by atoms with Crippen LogP contribution in [-0.2, 0) is 19.1 Å². The van der Waals surface area contributed by atoms with Gasteiger partial charge in [0.2, 0.25) is 0 Å².